The predicted molar refractivity (Wildman–Crippen MR) is 59.7 cm³/mol. The van der Waals surface area contributed by atoms with Gasteiger partial charge in [0.2, 0.25) is 0 Å². The van der Waals surface area contributed by atoms with E-state index in [4.69, 9.17) is 10.5 Å². The maximum atomic E-state index is 12.4. The van der Waals surface area contributed by atoms with Crippen molar-refractivity contribution in [3.05, 3.63) is 0 Å². The lowest BCUT2D eigenvalue weighted by molar-refractivity contribution is -0.148. The highest BCUT2D eigenvalue weighted by molar-refractivity contribution is 4.86. The molecule has 0 aromatic rings. The van der Waals surface area contributed by atoms with E-state index in [0.29, 0.717) is 26.1 Å². The van der Waals surface area contributed by atoms with E-state index in [2.05, 4.69) is 0 Å². The summed E-state index contributed by atoms with van der Waals surface area (Å²) in [4.78, 5) is 1.50. The monoisotopic (exact) mass is 254 g/mol. The normalized spacial score (nSPS) is 18.7. The topological polar surface area (TPSA) is 38.5 Å². The molecule has 0 spiro atoms. The van der Waals surface area contributed by atoms with E-state index in [-0.39, 0.29) is 12.1 Å². The minimum absolute atomic E-state index is 0.108. The Morgan fingerprint density at radius 3 is 2.47 bits per heavy atom. The number of nitrogens with two attached hydrogens (primary N) is 1. The third-order valence-electron chi connectivity index (χ3n) is 2.85. The van der Waals surface area contributed by atoms with Crippen LogP contribution in [0.1, 0.15) is 26.2 Å². The number of halogens is 3. The first-order chi connectivity index (χ1) is 7.96. The number of ether oxygens (including phenoxy) is 1. The molecule has 0 aliphatic heterocycles. The van der Waals surface area contributed by atoms with Gasteiger partial charge in [-0.2, -0.15) is 13.2 Å². The molecule has 0 saturated heterocycles. The molecule has 6 heteroatoms. The van der Waals surface area contributed by atoms with Crippen molar-refractivity contribution in [3.8, 4) is 0 Å². The van der Waals surface area contributed by atoms with Crippen molar-refractivity contribution in [2.24, 2.45) is 5.73 Å². The second kappa shape index (κ2) is 6.56. The zero-order valence-electron chi connectivity index (χ0n) is 10.2. The molecule has 0 radical (unpaired) electrons. The fraction of sp³-hybridized carbons (Fsp3) is 1.00. The van der Waals surface area contributed by atoms with E-state index < -0.39 is 12.7 Å². The van der Waals surface area contributed by atoms with Crippen LogP contribution in [0, 0.1) is 0 Å². The molecule has 0 amide bonds. The fourth-order valence-corrected chi connectivity index (χ4v) is 1.88. The Morgan fingerprint density at radius 1 is 1.41 bits per heavy atom. The fourth-order valence-electron chi connectivity index (χ4n) is 1.88. The number of nitrogens with zero attached hydrogens (tertiary/aromatic N) is 1. The lowest BCUT2D eigenvalue weighted by atomic mass is 10.2. The molecule has 0 bridgehead atoms. The minimum atomic E-state index is -4.12. The van der Waals surface area contributed by atoms with Gasteiger partial charge in [0.15, 0.2) is 0 Å². The summed E-state index contributed by atoms with van der Waals surface area (Å²) in [6, 6.07) is 0.108. The first-order valence-electron chi connectivity index (χ1n) is 6.08. The van der Waals surface area contributed by atoms with Crippen molar-refractivity contribution in [1.82, 2.24) is 4.90 Å². The van der Waals surface area contributed by atoms with Crippen LogP contribution in [0.4, 0.5) is 13.2 Å². The number of rotatable bonds is 8. The first kappa shape index (κ1) is 14.7. The summed E-state index contributed by atoms with van der Waals surface area (Å²) in [5.41, 5.74) is 5.50. The molecule has 1 atom stereocenters. The molecule has 1 rings (SSSR count). The molecule has 1 aliphatic carbocycles. The minimum Gasteiger partial charge on any atom is -0.377 e. The van der Waals surface area contributed by atoms with Crippen molar-refractivity contribution in [2.75, 3.05) is 26.2 Å². The van der Waals surface area contributed by atoms with Gasteiger partial charge in [-0.3, -0.25) is 4.90 Å². The molecule has 1 aliphatic rings. The third-order valence-corrected chi connectivity index (χ3v) is 2.85. The predicted octanol–water partition coefficient (Wildman–Crippen LogP) is 1.77. The summed E-state index contributed by atoms with van der Waals surface area (Å²) in [6.07, 6.45) is -1.94. The van der Waals surface area contributed by atoms with E-state index in [1.54, 1.807) is 0 Å². The number of hydrogen-bond acceptors (Lipinski definition) is 3. The van der Waals surface area contributed by atoms with E-state index in [1.165, 1.54) is 4.90 Å². The second-order valence-corrected chi connectivity index (χ2v) is 4.42. The number of alkyl halides is 3. The molecule has 0 aromatic heterocycles. The van der Waals surface area contributed by atoms with Crippen LogP contribution >= 0.6 is 0 Å². The zero-order valence-corrected chi connectivity index (χ0v) is 10.2. The smallest absolute Gasteiger partial charge is 0.377 e. The van der Waals surface area contributed by atoms with Crippen LogP contribution in [0.25, 0.3) is 0 Å². The Labute approximate surface area is 100 Å². The largest absolute Gasteiger partial charge is 0.401 e. The van der Waals surface area contributed by atoms with Gasteiger partial charge in [0.1, 0.15) is 0 Å². The van der Waals surface area contributed by atoms with Crippen LogP contribution in [0.5, 0.6) is 0 Å². The van der Waals surface area contributed by atoms with Crippen molar-refractivity contribution in [2.45, 2.75) is 44.5 Å². The van der Waals surface area contributed by atoms with Crippen LogP contribution in [0.3, 0.4) is 0 Å². The van der Waals surface area contributed by atoms with Crippen molar-refractivity contribution in [3.63, 3.8) is 0 Å². The summed E-state index contributed by atoms with van der Waals surface area (Å²) < 4.78 is 42.4. The molecule has 2 N–H and O–H groups in total. The Balaban J connectivity index is 2.33. The van der Waals surface area contributed by atoms with E-state index in [0.717, 1.165) is 12.8 Å². The van der Waals surface area contributed by atoms with Gasteiger partial charge in [-0.15, -0.1) is 0 Å². The van der Waals surface area contributed by atoms with Crippen LogP contribution < -0.4 is 5.73 Å². The molecular formula is C11H21F3N2O. The highest BCUT2D eigenvalue weighted by Gasteiger charge is 2.37. The summed E-state index contributed by atoms with van der Waals surface area (Å²) >= 11 is 0. The van der Waals surface area contributed by atoms with Gasteiger partial charge in [0, 0.05) is 25.7 Å². The molecule has 0 heterocycles. The van der Waals surface area contributed by atoms with Crippen LogP contribution in [0.2, 0.25) is 0 Å². The molecule has 1 fully saturated rings. The molecule has 17 heavy (non-hydrogen) atoms. The first-order valence-corrected chi connectivity index (χ1v) is 6.08. The Hall–Kier alpha value is -0.330. The van der Waals surface area contributed by atoms with Crippen LogP contribution in [-0.4, -0.2) is 49.5 Å². The third kappa shape index (κ3) is 6.24. The quantitative estimate of drug-likeness (QED) is 0.717. The highest BCUT2D eigenvalue weighted by atomic mass is 19.4. The highest BCUT2D eigenvalue weighted by Crippen LogP contribution is 2.30. The Morgan fingerprint density at radius 2 is 2.06 bits per heavy atom. The van der Waals surface area contributed by atoms with Gasteiger partial charge >= 0.3 is 6.18 Å². The van der Waals surface area contributed by atoms with Gasteiger partial charge in [-0.25, -0.2) is 0 Å². The van der Waals surface area contributed by atoms with Crippen LogP contribution in [0.15, 0.2) is 0 Å². The Kier molecular flexibility index (Phi) is 5.69. The zero-order chi connectivity index (χ0) is 12.9. The van der Waals surface area contributed by atoms with E-state index >= 15 is 0 Å². The second-order valence-electron chi connectivity index (χ2n) is 4.42. The van der Waals surface area contributed by atoms with Gasteiger partial charge in [-0.1, -0.05) is 0 Å². The molecule has 102 valence electrons. The average molecular weight is 254 g/mol. The molecule has 1 unspecified atom stereocenters. The standard InChI is InChI=1S/C11H21F3N2O/c1-2-17-10(7-15)5-6-16(9-3-4-9)8-11(12,13)14/h9-10H,2-8,15H2,1H3. The summed E-state index contributed by atoms with van der Waals surface area (Å²) in [7, 11) is 0. The molecule has 3 nitrogen and oxygen atoms in total. The van der Waals surface area contributed by atoms with Gasteiger partial charge in [0.05, 0.1) is 12.6 Å². The Bertz CT molecular complexity index is 219. The SMILES string of the molecule is CCOC(CN)CCN(CC(F)(F)F)C1CC1. The summed E-state index contributed by atoms with van der Waals surface area (Å²) in [6.45, 7) is 2.35. The lowest BCUT2D eigenvalue weighted by Crippen LogP contribution is -2.39. The lowest BCUT2D eigenvalue weighted by Gasteiger charge is -2.25. The maximum absolute atomic E-state index is 12.4. The number of hydrogen-bond donors (Lipinski definition) is 1. The molecule has 0 aromatic carbocycles. The summed E-state index contributed by atoms with van der Waals surface area (Å²) in [5.74, 6) is 0. The van der Waals surface area contributed by atoms with Gasteiger partial charge in [0.25, 0.3) is 0 Å². The van der Waals surface area contributed by atoms with Gasteiger partial charge in [-0.05, 0) is 26.2 Å². The summed E-state index contributed by atoms with van der Waals surface area (Å²) in [5, 5.41) is 0. The average Bonchev–Trinajstić information content (AvgIpc) is 3.04. The molecule has 1 saturated carbocycles. The van der Waals surface area contributed by atoms with Crippen molar-refractivity contribution < 1.29 is 17.9 Å². The van der Waals surface area contributed by atoms with E-state index in [9.17, 15) is 13.2 Å². The van der Waals surface area contributed by atoms with Crippen LogP contribution in [-0.2, 0) is 4.74 Å². The molecular weight excluding hydrogens is 233 g/mol. The van der Waals surface area contributed by atoms with E-state index in [1.807, 2.05) is 6.92 Å². The van der Waals surface area contributed by atoms with Crippen molar-refractivity contribution >= 4 is 0 Å². The van der Waals surface area contributed by atoms with Crippen molar-refractivity contribution in [1.29, 1.82) is 0 Å². The maximum Gasteiger partial charge on any atom is 0.401 e. The van der Waals surface area contributed by atoms with Gasteiger partial charge < -0.3 is 10.5 Å².